The lowest BCUT2D eigenvalue weighted by Crippen LogP contribution is -2.08. The summed E-state index contributed by atoms with van der Waals surface area (Å²) < 4.78 is 1.99. The molecule has 0 saturated heterocycles. The van der Waals surface area contributed by atoms with Gasteiger partial charge in [-0.25, -0.2) is 0 Å². The van der Waals surface area contributed by atoms with E-state index < -0.39 is 0 Å². The number of alkyl halides is 1. The van der Waals surface area contributed by atoms with Crippen molar-refractivity contribution in [3.63, 3.8) is 0 Å². The second-order valence-electron chi connectivity index (χ2n) is 3.08. The Kier molecular flexibility index (Phi) is 2.55. The smallest absolute Gasteiger partial charge is 0.189 e. The molecule has 0 amide bonds. The van der Waals surface area contributed by atoms with Crippen LogP contribution in [0.4, 0.5) is 0 Å². The van der Waals surface area contributed by atoms with Crippen LogP contribution in [0.1, 0.15) is 0 Å². The van der Waals surface area contributed by atoms with Gasteiger partial charge in [0, 0.05) is 30.1 Å². The summed E-state index contributed by atoms with van der Waals surface area (Å²) in [6.07, 6.45) is 1.78. The quantitative estimate of drug-likeness (QED) is 0.693. The zero-order chi connectivity index (χ0) is 9.97. The van der Waals surface area contributed by atoms with Gasteiger partial charge in [-0.15, -0.1) is 11.6 Å². The SMILES string of the molecule is O=c1ccn(CCCl)c2ccccc12. The van der Waals surface area contributed by atoms with Crippen LogP contribution in [0.5, 0.6) is 0 Å². The predicted molar refractivity (Wildman–Crippen MR) is 58.9 cm³/mol. The van der Waals surface area contributed by atoms with Crippen molar-refractivity contribution in [2.45, 2.75) is 6.54 Å². The van der Waals surface area contributed by atoms with E-state index in [0.29, 0.717) is 5.88 Å². The van der Waals surface area contributed by atoms with Crippen LogP contribution < -0.4 is 5.43 Å². The summed E-state index contributed by atoms with van der Waals surface area (Å²) in [5.41, 5.74) is 1.01. The maximum absolute atomic E-state index is 11.5. The number of fused-ring (bicyclic) bond motifs is 1. The normalized spacial score (nSPS) is 10.6. The topological polar surface area (TPSA) is 22.0 Å². The van der Waals surface area contributed by atoms with Crippen molar-refractivity contribution in [3.05, 3.63) is 46.8 Å². The number of pyridine rings is 1. The first-order valence-corrected chi connectivity index (χ1v) is 5.00. The highest BCUT2D eigenvalue weighted by molar-refractivity contribution is 6.17. The van der Waals surface area contributed by atoms with Crippen LogP contribution in [0.25, 0.3) is 10.9 Å². The van der Waals surface area contributed by atoms with E-state index in [-0.39, 0.29) is 5.43 Å². The molecule has 0 bridgehead atoms. The van der Waals surface area contributed by atoms with Gasteiger partial charge in [-0.1, -0.05) is 12.1 Å². The molecule has 0 unspecified atom stereocenters. The van der Waals surface area contributed by atoms with E-state index in [0.717, 1.165) is 17.4 Å². The van der Waals surface area contributed by atoms with Crippen LogP contribution >= 0.6 is 11.6 Å². The van der Waals surface area contributed by atoms with E-state index >= 15 is 0 Å². The van der Waals surface area contributed by atoms with Crippen LogP contribution in [0.15, 0.2) is 41.3 Å². The van der Waals surface area contributed by atoms with E-state index in [9.17, 15) is 4.79 Å². The highest BCUT2D eigenvalue weighted by Gasteiger charge is 2.00. The Morgan fingerprint density at radius 2 is 2.00 bits per heavy atom. The highest BCUT2D eigenvalue weighted by Crippen LogP contribution is 2.09. The molecule has 2 aromatic rings. The first kappa shape index (κ1) is 9.28. The molecule has 0 atom stereocenters. The van der Waals surface area contributed by atoms with Gasteiger partial charge in [-0.05, 0) is 12.1 Å². The molecule has 0 spiro atoms. The van der Waals surface area contributed by atoms with Crippen molar-refractivity contribution in [2.24, 2.45) is 0 Å². The van der Waals surface area contributed by atoms with Gasteiger partial charge in [0.2, 0.25) is 0 Å². The van der Waals surface area contributed by atoms with Gasteiger partial charge in [0.1, 0.15) is 0 Å². The number of benzene rings is 1. The molecule has 0 fully saturated rings. The van der Waals surface area contributed by atoms with Crippen molar-refractivity contribution in [2.75, 3.05) is 5.88 Å². The average molecular weight is 208 g/mol. The van der Waals surface area contributed by atoms with Gasteiger partial charge in [-0.3, -0.25) is 4.79 Å². The summed E-state index contributed by atoms with van der Waals surface area (Å²) in [6, 6.07) is 9.14. The minimum Gasteiger partial charge on any atom is -0.346 e. The number of rotatable bonds is 2. The third kappa shape index (κ3) is 1.53. The summed E-state index contributed by atoms with van der Waals surface area (Å²) in [6.45, 7) is 0.725. The number of para-hydroxylation sites is 1. The second-order valence-corrected chi connectivity index (χ2v) is 3.46. The van der Waals surface area contributed by atoms with Crippen molar-refractivity contribution < 1.29 is 0 Å². The summed E-state index contributed by atoms with van der Waals surface area (Å²) in [7, 11) is 0. The molecule has 3 heteroatoms. The molecule has 72 valence electrons. The molecule has 14 heavy (non-hydrogen) atoms. The summed E-state index contributed by atoms with van der Waals surface area (Å²) >= 11 is 5.68. The summed E-state index contributed by atoms with van der Waals surface area (Å²) in [5.74, 6) is 0.548. The molecule has 0 aliphatic heterocycles. The fourth-order valence-electron chi connectivity index (χ4n) is 1.55. The van der Waals surface area contributed by atoms with Crippen LogP contribution in [0.2, 0.25) is 0 Å². The number of hydrogen-bond acceptors (Lipinski definition) is 1. The maximum Gasteiger partial charge on any atom is 0.189 e. The van der Waals surface area contributed by atoms with E-state index in [1.807, 2.05) is 28.8 Å². The van der Waals surface area contributed by atoms with Crippen LogP contribution in [0.3, 0.4) is 0 Å². The van der Waals surface area contributed by atoms with Crippen LogP contribution in [0, 0.1) is 0 Å². The Balaban J connectivity index is 2.75. The number of aromatic nitrogens is 1. The minimum absolute atomic E-state index is 0.0615. The predicted octanol–water partition coefficient (Wildman–Crippen LogP) is 2.24. The highest BCUT2D eigenvalue weighted by atomic mass is 35.5. The Labute approximate surface area is 86.7 Å². The minimum atomic E-state index is 0.0615. The van der Waals surface area contributed by atoms with Gasteiger partial charge < -0.3 is 4.57 Å². The van der Waals surface area contributed by atoms with E-state index in [1.165, 1.54) is 0 Å². The molecule has 0 aliphatic rings. The number of nitrogens with zero attached hydrogens (tertiary/aromatic N) is 1. The van der Waals surface area contributed by atoms with Crippen molar-refractivity contribution in [3.8, 4) is 0 Å². The molecule has 1 aromatic heterocycles. The third-order valence-electron chi connectivity index (χ3n) is 2.21. The molecule has 1 aromatic carbocycles. The monoisotopic (exact) mass is 207 g/mol. The Hall–Kier alpha value is -1.28. The maximum atomic E-state index is 11.5. The zero-order valence-corrected chi connectivity index (χ0v) is 8.37. The molecule has 0 N–H and O–H groups in total. The molecule has 0 saturated carbocycles. The lowest BCUT2D eigenvalue weighted by Gasteiger charge is -2.07. The Bertz CT molecular complexity index is 504. The second kappa shape index (κ2) is 3.84. The average Bonchev–Trinajstić information content (AvgIpc) is 2.23. The zero-order valence-electron chi connectivity index (χ0n) is 7.61. The number of hydrogen-bond donors (Lipinski definition) is 0. The number of aryl methyl sites for hydroxylation is 1. The first-order chi connectivity index (χ1) is 6.83. The molecular formula is C11H10ClNO. The molecule has 0 radical (unpaired) electrons. The van der Waals surface area contributed by atoms with E-state index in [2.05, 4.69) is 0 Å². The molecule has 2 rings (SSSR count). The largest absolute Gasteiger partial charge is 0.346 e. The number of halogens is 1. The fraction of sp³-hybridized carbons (Fsp3) is 0.182. The Morgan fingerprint density at radius 1 is 1.21 bits per heavy atom. The van der Waals surface area contributed by atoms with Crippen molar-refractivity contribution >= 4 is 22.5 Å². The van der Waals surface area contributed by atoms with Crippen molar-refractivity contribution in [1.82, 2.24) is 4.57 Å². The van der Waals surface area contributed by atoms with Gasteiger partial charge >= 0.3 is 0 Å². The lowest BCUT2D eigenvalue weighted by molar-refractivity contribution is 0.794. The Morgan fingerprint density at radius 3 is 2.79 bits per heavy atom. The lowest BCUT2D eigenvalue weighted by atomic mass is 10.2. The summed E-state index contributed by atoms with van der Waals surface area (Å²) in [4.78, 5) is 11.5. The molecule has 2 nitrogen and oxygen atoms in total. The van der Waals surface area contributed by atoms with Gasteiger partial charge in [-0.2, -0.15) is 0 Å². The van der Waals surface area contributed by atoms with Gasteiger partial charge in [0.15, 0.2) is 5.43 Å². The van der Waals surface area contributed by atoms with E-state index in [1.54, 1.807) is 12.3 Å². The van der Waals surface area contributed by atoms with E-state index in [4.69, 9.17) is 11.6 Å². The van der Waals surface area contributed by atoms with Crippen LogP contribution in [-0.2, 0) is 6.54 Å². The van der Waals surface area contributed by atoms with Gasteiger partial charge in [0.25, 0.3) is 0 Å². The van der Waals surface area contributed by atoms with Gasteiger partial charge in [0.05, 0.1) is 5.52 Å². The molecule has 1 heterocycles. The van der Waals surface area contributed by atoms with Crippen molar-refractivity contribution in [1.29, 1.82) is 0 Å². The molecular weight excluding hydrogens is 198 g/mol. The third-order valence-corrected chi connectivity index (χ3v) is 2.38. The standard InChI is InChI=1S/C11H10ClNO/c12-6-8-13-7-5-11(14)9-3-1-2-4-10(9)13/h1-5,7H,6,8H2. The summed E-state index contributed by atoms with van der Waals surface area (Å²) in [5, 5.41) is 0.750. The fourth-order valence-corrected chi connectivity index (χ4v) is 1.73. The molecule has 0 aliphatic carbocycles. The first-order valence-electron chi connectivity index (χ1n) is 4.47. The van der Waals surface area contributed by atoms with Crippen LogP contribution in [-0.4, -0.2) is 10.4 Å².